The van der Waals surface area contributed by atoms with Crippen LogP contribution in [0.15, 0.2) is 9.21 Å². The minimum atomic E-state index is -0.379. The predicted molar refractivity (Wildman–Crippen MR) is 40.4 cm³/mol. The van der Waals surface area contributed by atoms with Gasteiger partial charge in [0.1, 0.15) is 0 Å². The molecule has 0 aromatic carbocycles. The van der Waals surface area contributed by atoms with E-state index in [1.54, 1.807) is 7.05 Å². The second-order valence-corrected chi connectivity index (χ2v) is 2.49. The summed E-state index contributed by atoms with van der Waals surface area (Å²) in [6.07, 6.45) is 2.85. The summed E-state index contributed by atoms with van der Waals surface area (Å²) in [5, 5.41) is 3.89. The van der Waals surface area contributed by atoms with Crippen LogP contribution in [0.4, 0.5) is 0 Å². The summed E-state index contributed by atoms with van der Waals surface area (Å²) in [5.41, 5.74) is 0. The SMILES string of the molecule is CCCCc1nn(C)c(=O)o1. The van der Waals surface area contributed by atoms with Crippen LogP contribution in [0.1, 0.15) is 25.7 Å². The van der Waals surface area contributed by atoms with Gasteiger partial charge in [0.2, 0.25) is 5.89 Å². The molecule has 11 heavy (non-hydrogen) atoms. The Balaban J connectivity index is 2.65. The Hall–Kier alpha value is -1.06. The second-order valence-electron chi connectivity index (χ2n) is 2.49. The molecule has 0 saturated carbocycles. The molecule has 0 bridgehead atoms. The molecular formula is C7H12N2O2. The summed E-state index contributed by atoms with van der Waals surface area (Å²) in [4.78, 5) is 10.7. The van der Waals surface area contributed by atoms with Crippen molar-refractivity contribution >= 4 is 0 Å². The zero-order chi connectivity index (χ0) is 8.27. The third-order valence-electron chi connectivity index (χ3n) is 1.48. The summed E-state index contributed by atoms with van der Waals surface area (Å²) in [5.74, 6) is 0.162. The lowest BCUT2D eigenvalue weighted by Crippen LogP contribution is -2.09. The van der Waals surface area contributed by atoms with Crippen LogP contribution in [0, 0.1) is 0 Å². The van der Waals surface area contributed by atoms with Gasteiger partial charge < -0.3 is 4.42 Å². The van der Waals surface area contributed by atoms with E-state index in [9.17, 15) is 4.79 Å². The van der Waals surface area contributed by atoms with Gasteiger partial charge in [-0.3, -0.25) is 0 Å². The lowest BCUT2D eigenvalue weighted by atomic mass is 10.2. The molecule has 4 nitrogen and oxygen atoms in total. The molecule has 1 aromatic rings. The summed E-state index contributed by atoms with van der Waals surface area (Å²) >= 11 is 0. The van der Waals surface area contributed by atoms with Crippen molar-refractivity contribution in [2.45, 2.75) is 26.2 Å². The summed E-state index contributed by atoms with van der Waals surface area (Å²) in [7, 11) is 1.58. The van der Waals surface area contributed by atoms with E-state index in [-0.39, 0.29) is 5.76 Å². The number of hydrogen-bond acceptors (Lipinski definition) is 3. The summed E-state index contributed by atoms with van der Waals surface area (Å²) in [6, 6.07) is 0. The van der Waals surface area contributed by atoms with E-state index >= 15 is 0 Å². The predicted octanol–water partition coefficient (Wildman–Crippen LogP) is 0.716. The molecule has 0 unspecified atom stereocenters. The molecule has 0 atom stereocenters. The minimum Gasteiger partial charge on any atom is -0.392 e. The molecule has 62 valence electrons. The van der Waals surface area contributed by atoms with Gasteiger partial charge in [0.05, 0.1) is 0 Å². The van der Waals surface area contributed by atoms with Gasteiger partial charge in [0, 0.05) is 13.5 Å². The van der Waals surface area contributed by atoms with Crippen molar-refractivity contribution in [2.24, 2.45) is 7.05 Å². The summed E-state index contributed by atoms with van der Waals surface area (Å²) in [6.45, 7) is 2.08. The van der Waals surface area contributed by atoms with Crippen LogP contribution < -0.4 is 5.76 Å². The van der Waals surface area contributed by atoms with Gasteiger partial charge in [-0.05, 0) is 6.42 Å². The van der Waals surface area contributed by atoms with Crippen LogP contribution in [-0.4, -0.2) is 9.78 Å². The highest BCUT2D eigenvalue weighted by Crippen LogP contribution is 1.97. The second kappa shape index (κ2) is 3.37. The maximum atomic E-state index is 10.7. The van der Waals surface area contributed by atoms with Crippen LogP contribution in [0.25, 0.3) is 0 Å². The maximum Gasteiger partial charge on any atom is 0.436 e. The summed E-state index contributed by atoms with van der Waals surface area (Å²) < 4.78 is 6.03. The molecule has 0 fully saturated rings. The molecule has 4 heteroatoms. The molecule has 0 aliphatic heterocycles. The largest absolute Gasteiger partial charge is 0.436 e. The Morgan fingerprint density at radius 2 is 2.36 bits per heavy atom. The third kappa shape index (κ3) is 1.93. The molecule has 0 saturated heterocycles. The lowest BCUT2D eigenvalue weighted by Gasteiger charge is -1.87. The first-order valence-corrected chi connectivity index (χ1v) is 3.77. The highest BCUT2D eigenvalue weighted by atomic mass is 16.4. The number of aryl methyl sites for hydroxylation is 2. The molecule has 1 aromatic heterocycles. The van der Waals surface area contributed by atoms with E-state index in [1.165, 1.54) is 4.68 Å². The molecule has 0 spiro atoms. The minimum absolute atomic E-state index is 0.379. The Kier molecular flexibility index (Phi) is 2.46. The zero-order valence-corrected chi connectivity index (χ0v) is 6.83. The van der Waals surface area contributed by atoms with Crippen LogP contribution in [0.3, 0.4) is 0 Å². The van der Waals surface area contributed by atoms with Crippen molar-refractivity contribution < 1.29 is 4.42 Å². The Labute approximate surface area is 64.8 Å². The van der Waals surface area contributed by atoms with Gasteiger partial charge in [-0.25, -0.2) is 4.79 Å². The standard InChI is InChI=1S/C7H12N2O2/c1-3-4-5-6-8-9(2)7(10)11-6/h3-5H2,1-2H3. The van der Waals surface area contributed by atoms with Gasteiger partial charge in [-0.15, -0.1) is 5.10 Å². The van der Waals surface area contributed by atoms with Crippen LogP contribution in [0.5, 0.6) is 0 Å². The van der Waals surface area contributed by atoms with Crippen LogP contribution in [0.2, 0.25) is 0 Å². The van der Waals surface area contributed by atoms with E-state index in [0.29, 0.717) is 5.89 Å². The topological polar surface area (TPSA) is 48.0 Å². The fourth-order valence-electron chi connectivity index (χ4n) is 0.824. The quantitative estimate of drug-likeness (QED) is 0.647. The highest BCUT2D eigenvalue weighted by Gasteiger charge is 2.02. The molecule has 0 aliphatic rings. The van der Waals surface area contributed by atoms with Gasteiger partial charge in [-0.1, -0.05) is 13.3 Å². The van der Waals surface area contributed by atoms with Crippen molar-refractivity contribution in [3.63, 3.8) is 0 Å². The van der Waals surface area contributed by atoms with E-state index in [0.717, 1.165) is 19.3 Å². The molecule has 1 rings (SSSR count). The first-order valence-electron chi connectivity index (χ1n) is 3.77. The van der Waals surface area contributed by atoms with Gasteiger partial charge in [0.25, 0.3) is 0 Å². The molecule has 0 N–H and O–H groups in total. The van der Waals surface area contributed by atoms with Crippen molar-refractivity contribution in [3.8, 4) is 0 Å². The zero-order valence-electron chi connectivity index (χ0n) is 6.83. The van der Waals surface area contributed by atoms with Gasteiger partial charge in [0.15, 0.2) is 0 Å². The van der Waals surface area contributed by atoms with Crippen molar-refractivity contribution in [2.75, 3.05) is 0 Å². The average molecular weight is 156 g/mol. The number of aromatic nitrogens is 2. The van der Waals surface area contributed by atoms with Crippen LogP contribution in [-0.2, 0) is 13.5 Å². The average Bonchev–Trinajstić information content (AvgIpc) is 2.28. The van der Waals surface area contributed by atoms with Crippen molar-refractivity contribution in [3.05, 3.63) is 16.4 Å². The fraction of sp³-hybridized carbons (Fsp3) is 0.714. The van der Waals surface area contributed by atoms with Crippen molar-refractivity contribution in [1.29, 1.82) is 0 Å². The highest BCUT2D eigenvalue weighted by molar-refractivity contribution is 4.73. The lowest BCUT2D eigenvalue weighted by molar-refractivity contribution is 0.448. The van der Waals surface area contributed by atoms with E-state index < -0.39 is 0 Å². The molecular weight excluding hydrogens is 144 g/mol. The van der Waals surface area contributed by atoms with E-state index in [2.05, 4.69) is 12.0 Å². The molecule has 0 amide bonds. The molecule has 0 aliphatic carbocycles. The van der Waals surface area contributed by atoms with Gasteiger partial charge >= 0.3 is 5.76 Å². The molecule has 0 radical (unpaired) electrons. The first kappa shape index (κ1) is 8.04. The number of unbranched alkanes of at least 4 members (excludes halogenated alkanes) is 1. The van der Waals surface area contributed by atoms with Crippen molar-refractivity contribution in [1.82, 2.24) is 9.78 Å². The maximum absolute atomic E-state index is 10.7. The van der Waals surface area contributed by atoms with Gasteiger partial charge in [-0.2, -0.15) is 4.68 Å². The Morgan fingerprint density at radius 3 is 2.82 bits per heavy atom. The molecule has 1 heterocycles. The normalized spacial score (nSPS) is 10.4. The smallest absolute Gasteiger partial charge is 0.392 e. The van der Waals surface area contributed by atoms with E-state index in [1.807, 2.05) is 0 Å². The van der Waals surface area contributed by atoms with Crippen LogP contribution >= 0.6 is 0 Å². The third-order valence-corrected chi connectivity index (χ3v) is 1.48. The monoisotopic (exact) mass is 156 g/mol. The number of nitrogens with zero attached hydrogens (tertiary/aromatic N) is 2. The Morgan fingerprint density at radius 1 is 1.64 bits per heavy atom. The fourth-order valence-corrected chi connectivity index (χ4v) is 0.824. The Bertz CT molecular complexity index is 274. The number of rotatable bonds is 3. The number of hydrogen-bond donors (Lipinski definition) is 0. The van der Waals surface area contributed by atoms with E-state index in [4.69, 9.17) is 4.42 Å². The first-order chi connectivity index (χ1) is 5.24.